The summed E-state index contributed by atoms with van der Waals surface area (Å²) in [6.07, 6.45) is 6.78. The molecule has 2 atom stereocenters. The molecule has 1 amide bonds. The lowest BCUT2D eigenvalue weighted by molar-refractivity contribution is 0.102. The van der Waals surface area contributed by atoms with Gasteiger partial charge in [0.05, 0.1) is 23.7 Å². The van der Waals surface area contributed by atoms with E-state index >= 15 is 0 Å². The fourth-order valence-electron chi connectivity index (χ4n) is 2.82. The Morgan fingerprint density at radius 3 is 2.79 bits per heavy atom. The second-order valence-corrected chi connectivity index (χ2v) is 5.62. The standard InChI is InChI=1S/C17H15N5O2/c23-13-7-6-12(8-13)22-16-14(9-20-22)15(18-10-19-16)21-17(24)11-4-2-1-3-5-11/h1-7,9-10,12-13,23H,8H2,(H,18,19,21,24)/t12-,13+/m0/s1. The Hall–Kier alpha value is -3.06. The quantitative estimate of drug-likeness (QED) is 0.719. The molecule has 0 bridgehead atoms. The minimum absolute atomic E-state index is 0.0509. The number of hydrogen-bond donors (Lipinski definition) is 2. The number of carbonyl (C=O) groups is 1. The van der Waals surface area contributed by atoms with Crippen LogP contribution in [-0.4, -0.2) is 36.9 Å². The molecule has 0 fully saturated rings. The molecule has 0 unspecified atom stereocenters. The third kappa shape index (κ3) is 2.55. The van der Waals surface area contributed by atoms with Crippen LogP contribution < -0.4 is 5.32 Å². The van der Waals surface area contributed by atoms with Gasteiger partial charge in [0.25, 0.3) is 5.91 Å². The van der Waals surface area contributed by atoms with Crippen LogP contribution in [0.2, 0.25) is 0 Å². The van der Waals surface area contributed by atoms with Crippen molar-refractivity contribution in [2.24, 2.45) is 0 Å². The smallest absolute Gasteiger partial charge is 0.256 e. The Kier molecular flexibility index (Phi) is 3.55. The van der Waals surface area contributed by atoms with Crippen LogP contribution in [0, 0.1) is 0 Å². The van der Waals surface area contributed by atoms with E-state index < -0.39 is 6.10 Å². The van der Waals surface area contributed by atoms with E-state index in [0.29, 0.717) is 28.8 Å². The van der Waals surface area contributed by atoms with E-state index in [-0.39, 0.29) is 11.9 Å². The van der Waals surface area contributed by atoms with Gasteiger partial charge in [-0.1, -0.05) is 30.4 Å². The largest absolute Gasteiger partial charge is 0.389 e. The van der Waals surface area contributed by atoms with Crippen molar-refractivity contribution in [2.75, 3.05) is 5.32 Å². The van der Waals surface area contributed by atoms with Crippen LogP contribution in [0.3, 0.4) is 0 Å². The summed E-state index contributed by atoms with van der Waals surface area (Å²) in [5.41, 5.74) is 1.18. The number of nitrogens with one attached hydrogen (secondary N) is 1. The van der Waals surface area contributed by atoms with Gasteiger partial charge in [-0.3, -0.25) is 4.79 Å². The number of anilines is 1. The first kappa shape index (κ1) is 14.5. The van der Waals surface area contributed by atoms with Crippen LogP contribution >= 0.6 is 0 Å². The van der Waals surface area contributed by atoms with Gasteiger partial charge < -0.3 is 10.4 Å². The van der Waals surface area contributed by atoms with E-state index in [1.807, 2.05) is 12.1 Å². The second-order valence-electron chi connectivity index (χ2n) is 5.62. The van der Waals surface area contributed by atoms with Crippen LogP contribution in [0.25, 0.3) is 11.0 Å². The van der Waals surface area contributed by atoms with Crippen molar-refractivity contribution in [1.82, 2.24) is 19.7 Å². The average molecular weight is 321 g/mol. The zero-order chi connectivity index (χ0) is 16.5. The molecule has 0 saturated heterocycles. The normalized spacial score (nSPS) is 19.7. The third-order valence-corrected chi connectivity index (χ3v) is 4.01. The van der Waals surface area contributed by atoms with E-state index in [0.717, 1.165) is 0 Å². The van der Waals surface area contributed by atoms with Crippen molar-refractivity contribution in [3.63, 3.8) is 0 Å². The summed E-state index contributed by atoms with van der Waals surface area (Å²) in [6.45, 7) is 0. The molecular weight excluding hydrogens is 306 g/mol. The Labute approximate surface area is 137 Å². The lowest BCUT2D eigenvalue weighted by Gasteiger charge is -2.10. The zero-order valence-corrected chi connectivity index (χ0v) is 12.7. The fourth-order valence-corrected chi connectivity index (χ4v) is 2.82. The SMILES string of the molecule is O=C(Nc1ncnc2c1cnn2[C@H]1C=C[C@@H](O)C1)c1ccccc1. The molecule has 120 valence electrons. The van der Waals surface area contributed by atoms with Gasteiger partial charge in [-0.05, 0) is 12.1 Å². The number of carbonyl (C=O) groups excluding carboxylic acids is 1. The van der Waals surface area contributed by atoms with Gasteiger partial charge in [0, 0.05) is 12.0 Å². The topological polar surface area (TPSA) is 92.9 Å². The lowest BCUT2D eigenvalue weighted by Crippen LogP contribution is -2.13. The van der Waals surface area contributed by atoms with E-state index in [4.69, 9.17) is 0 Å². The van der Waals surface area contributed by atoms with Crippen molar-refractivity contribution in [3.05, 3.63) is 60.6 Å². The summed E-state index contributed by atoms with van der Waals surface area (Å²) in [5, 5.41) is 17.5. The second kappa shape index (κ2) is 5.86. The van der Waals surface area contributed by atoms with Gasteiger partial charge in [-0.2, -0.15) is 5.10 Å². The van der Waals surface area contributed by atoms with E-state index in [1.165, 1.54) is 6.33 Å². The van der Waals surface area contributed by atoms with Gasteiger partial charge in [-0.15, -0.1) is 0 Å². The maximum absolute atomic E-state index is 12.3. The summed E-state index contributed by atoms with van der Waals surface area (Å²) in [4.78, 5) is 20.8. The maximum atomic E-state index is 12.3. The predicted molar refractivity (Wildman–Crippen MR) is 88.5 cm³/mol. The summed E-state index contributed by atoms with van der Waals surface area (Å²) in [7, 11) is 0. The maximum Gasteiger partial charge on any atom is 0.256 e. The average Bonchev–Trinajstić information content (AvgIpc) is 3.22. The predicted octanol–water partition coefficient (Wildman–Crippen LogP) is 1.94. The molecule has 0 radical (unpaired) electrons. The molecule has 1 aromatic carbocycles. The van der Waals surface area contributed by atoms with Crippen molar-refractivity contribution >= 4 is 22.8 Å². The molecule has 7 nitrogen and oxygen atoms in total. The van der Waals surface area contributed by atoms with E-state index in [2.05, 4.69) is 20.4 Å². The van der Waals surface area contributed by atoms with Crippen LogP contribution in [0.5, 0.6) is 0 Å². The zero-order valence-electron chi connectivity index (χ0n) is 12.7. The van der Waals surface area contributed by atoms with Crippen LogP contribution in [-0.2, 0) is 0 Å². The molecule has 2 N–H and O–H groups in total. The molecule has 1 aliphatic carbocycles. The highest BCUT2D eigenvalue weighted by Crippen LogP contribution is 2.27. The molecule has 2 aromatic heterocycles. The first-order chi connectivity index (χ1) is 11.7. The number of allylic oxidation sites excluding steroid dienone is 1. The number of nitrogens with zero attached hydrogens (tertiary/aromatic N) is 4. The first-order valence-electron chi connectivity index (χ1n) is 7.63. The molecule has 0 spiro atoms. The summed E-state index contributed by atoms with van der Waals surface area (Å²) >= 11 is 0. The number of hydrogen-bond acceptors (Lipinski definition) is 5. The molecule has 2 heterocycles. The van der Waals surface area contributed by atoms with Gasteiger partial charge in [0.1, 0.15) is 12.1 Å². The Morgan fingerprint density at radius 2 is 2.04 bits per heavy atom. The van der Waals surface area contributed by atoms with Gasteiger partial charge in [0.2, 0.25) is 0 Å². The number of rotatable bonds is 3. The van der Waals surface area contributed by atoms with E-state index in [9.17, 15) is 9.90 Å². The Morgan fingerprint density at radius 1 is 1.21 bits per heavy atom. The van der Waals surface area contributed by atoms with Crippen LogP contribution in [0.1, 0.15) is 22.8 Å². The molecule has 7 heteroatoms. The number of benzene rings is 1. The first-order valence-corrected chi connectivity index (χ1v) is 7.63. The van der Waals surface area contributed by atoms with Crippen molar-refractivity contribution in [1.29, 1.82) is 0 Å². The molecule has 0 aliphatic heterocycles. The molecular formula is C17H15N5O2. The van der Waals surface area contributed by atoms with Crippen molar-refractivity contribution < 1.29 is 9.90 Å². The summed E-state index contributed by atoms with van der Waals surface area (Å²) in [6, 6.07) is 8.89. The molecule has 0 saturated carbocycles. The highest BCUT2D eigenvalue weighted by atomic mass is 16.3. The van der Waals surface area contributed by atoms with Crippen LogP contribution in [0.4, 0.5) is 5.82 Å². The summed E-state index contributed by atoms with van der Waals surface area (Å²) in [5.74, 6) is 0.183. The number of aliphatic hydroxyl groups excluding tert-OH is 1. The minimum Gasteiger partial charge on any atom is -0.389 e. The number of fused-ring (bicyclic) bond motifs is 1. The van der Waals surface area contributed by atoms with Crippen LogP contribution in [0.15, 0.2) is 55.0 Å². The molecule has 1 aliphatic rings. The number of aromatic nitrogens is 4. The van der Waals surface area contributed by atoms with E-state index in [1.54, 1.807) is 41.2 Å². The monoisotopic (exact) mass is 321 g/mol. The molecule has 3 aromatic rings. The summed E-state index contributed by atoms with van der Waals surface area (Å²) < 4.78 is 1.74. The molecule has 4 rings (SSSR count). The van der Waals surface area contributed by atoms with Crippen molar-refractivity contribution in [2.45, 2.75) is 18.6 Å². The highest BCUT2D eigenvalue weighted by Gasteiger charge is 2.22. The van der Waals surface area contributed by atoms with Gasteiger partial charge >= 0.3 is 0 Å². The third-order valence-electron chi connectivity index (χ3n) is 4.01. The molecule has 24 heavy (non-hydrogen) atoms. The number of amides is 1. The highest BCUT2D eigenvalue weighted by molar-refractivity contribution is 6.07. The van der Waals surface area contributed by atoms with Crippen molar-refractivity contribution in [3.8, 4) is 0 Å². The van der Waals surface area contributed by atoms with Gasteiger partial charge in [-0.25, -0.2) is 14.6 Å². The van der Waals surface area contributed by atoms with Gasteiger partial charge in [0.15, 0.2) is 5.65 Å². The minimum atomic E-state index is -0.464. The fraction of sp³-hybridized carbons (Fsp3) is 0.176. The Balaban J connectivity index is 1.66. The Bertz CT molecular complexity index is 919. The lowest BCUT2D eigenvalue weighted by atomic mass is 10.2. The number of aliphatic hydroxyl groups is 1.